The first-order valence-electron chi connectivity index (χ1n) is 5.96. The van der Waals surface area contributed by atoms with Crippen molar-refractivity contribution in [2.24, 2.45) is 0 Å². The highest BCUT2D eigenvalue weighted by molar-refractivity contribution is 9.10. The van der Waals surface area contributed by atoms with E-state index in [9.17, 15) is 13.6 Å². The third kappa shape index (κ3) is 3.42. The van der Waals surface area contributed by atoms with E-state index in [4.69, 9.17) is 0 Å². The van der Waals surface area contributed by atoms with E-state index in [0.717, 1.165) is 22.2 Å². The summed E-state index contributed by atoms with van der Waals surface area (Å²) in [6, 6.07) is 8.96. The first-order chi connectivity index (χ1) is 9.47. The Morgan fingerprint density at radius 1 is 1.20 bits per heavy atom. The Morgan fingerprint density at radius 3 is 2.50 bits per heavy atom. The van der Waals surface area contributed by atoms with Crippen molar-refractivity contribution in [3.63, 3.8) is 0 Å². The van der Waals surface area contributed by atoms with Gasteiger partial charge in [0.2, 0.25) is 5.91 Å². The van der Waals surface area contributed by atoms with Crippen molar-refractivity contribution in [1.29, 1.82) is 0 Å². The summed E-state index contributed by atoms with van der Waals surface area (Å²) < 4.78 is 27.7. The Morgan fingerprint density at radius 2 is 1.85 bits per heavy atom. The molecule has 0 fully saturated rings. The van der Waals surface area contributed by atoms with Crippen LogP contribution in [0.25, 0.3) is 0 Å². The molecular weight excluding hydrogens is 328 g/mol. The van der Waals surface area contributed by atoms with Crippen LogP contribution < -0.4 is 5.32 Å². The number of hydrogen-bond acceptors (Lipinski definition) is 1. The van der Waals surface area contributed by atoms with Gasteiger partial charge in [-0.1, -0.05) is 28.1 Å². The molecule has 0 aliphatic carbocycles. The predicted octanol–water partition coefficient (Wildman–Crippen LogP) is 4.22. The van der Waals surface area contributed by atoms with E-state index < -0.39 is 17.5 Å². The molecule has 2 aromatic carbocycles. The van der Waals surface area contributed by atoms with Gasteiger partial charge in [0.1, 0.15) is 11.6 Å². The zero-order chi connectivity index (χ0) is 14.7. The Hall–Kier alpha value is -1.75. The molecule has 0 bridgehead atoms. The Labute approximate surface area is 123 Å². The SMILES string of the molecule is Cc1ccc(Br)cc1NC(=O)Cc1c(F)cccc1F. The maximum absolute atomic E-state index is 13.5. The number of carbonyl (C=O) groups is 1. The molecule has 2 aromatic rings. The van der Waals surface area contributed by atoms with Crippen LogP contribution >= 0.6 is 15.9 Å². The van der Waals surface area contributed by atoms with Crippen LogP contribution in [-0.4, -0.2) is 5.91 Å². The molecule has 0 saturated heterocycles. The van der Waals surface area contributed by atoms with Gasteiger partial charge in [0.25, 0.3) is 0 Å². The van der Waals surface area contributed by atoms with Gasteiger partial charge in [0, 0.05) is 15.7 Å². The van der Waals surface area contributed by atoms with Crippen molar-refractivity contribution in [3.05, 3.63) is 63.6 Å². The lowest BCUT2D eigenvalue weighted by Gasteiger charge is -2.09. The molecular formula is C15H12BrF2NO. The van der Waals surface area contributed by atoms with E-state index in [0.29, 0.717) is 5.69 Å². The predicted molar refractivity (Wildman–Crippen MR) is 77.6 cm³/mol. The van der Waals surface area contributed by atoms with Gasteiger partial charge in [-0.25, -0.2) is 8.78 Å². The number of anilines is 1. The summed E-state index contributed by atoms with van der Waals surface area (Å²) in [6.45, 7) is 1.84. The zero-order valence-electron chi connectivity index (χ0n) is 10.7. The van der Waals surface area contributed by atoms with E-state index >= 15 is 0 Å². The number of amides is 1. The van der Waals surface area contributed by atoms with Crippen LogP contribution in [0.1, 0.15) is 11.1 Å². The van der Waals surface area contributed by atoms with E-state index in [2.05, 4.69) is 21.2 Å². The molecule has 20 heavy (non-hydrogen) atoms. The van der Waals surface area contributed by atoms with E-state index in [1.807, 2.05) is 19.1 Å². The molecule has 1 amide bonds. The first kappa shape index (κ1) is 14.7. The molecule has 0 spiro atoms. The molecule has 0 aromatic heterocycles. The number of nitrogens with one attached hydrogen (secondary N) is 1. The third-order valence-electron chi connectivity index (χ3n) is 2.87. The fourth-order valence-electron chi connectivity index (χ4n) is 1.79. The monoisotopic (exact) mass is 339 g/mol. The third-order valence-corrected chi connectivity index (χ3v) is 3.37. The second-order valence-corrected chi connectivity index (χ2v) is 5.30. The van der Waals surface area contributed by atoms with Crippen LogP contribution in [0, 0.1) is 18.6 Å². The van der Waals surface area contributed by atoms with Crippen molar-refractivity contribution < 1.29 is 13.6 Å². The Bertz CT molecular complexity index is 638. The maximum atomic E-state index is 13.5. The lowest BCUT2D eigenvalue weighted by Crippen LogP contribution is -2.16. The van der Waals surface area contributed by atoms with E-state index in [1.54, 1.807) is 6.07 Å². The summed E-state index contributed by atoms with van der Waals surface area (Å²) in [5.41, 5.74) is 1.26. The van der Waals surface area contributed by atoms with Gasteiger partial charge < -0.3 is 5.32 Å². The normalized spacial score (nSPS) is 10.4. The molecule has 0 aliphatic heterocycles. The average Bonchev–Trinajstić information content (AvgIpc) is 2.38. The molecule has 0 saturated carbocycles. The quantitative estimate of drug-likeness (QED) is 0.891. The van der Waals surface area contributed by atoms with Crippen molar-refractivity contribution in [1.82, 2.24) is 0 Å². The van der Waals surface area contributed by atoms with Crippen LogP contribution in [0.2, 0.25) is 0 Å². The number of aryl methyl sites for hydroxylation is 1. The topological polar surface area (TPSA) is 29.1 Å². The fraction of sp³-hybridized carbons (Fsp3) is 0.133. The first-order valence-corrected chi connectivity index (χ1v) is 6.75. The van der Waals surface area contributed by atoms with E-state index in [-0.39, 0.29) is 12.0 Å². The summed E-state index contributed by atoms with van der Waals surface area (Å²) in [7, 11) is 0. The highest BCUT2D eigenvalue weighted by Gasteiger charge is 2.13. The maximum Gasteiger partial charge on any atom is 0.229 e. The minimum Gasteiger partial charge on any atom is -0.326 e. The van der Waals surface area contributed by atoms with Crippen LogP contribution in [0.5, 0.6) is 0 Å². The molecule has 104 valence electrons. The molecule has 0 unspecified atom stereocenters. The van der Waals surface area contributed by atoms with Gasteiger partial charge in [-0.05, 0) is 36.8 Å². The smallest absolute Gasteiger partial charge is 0.229 e. The largest absolute Gasteiger partial charge is 0.326 e. The lowest BCUT2D eigenvalue weighted by molar-refractivity contribution is -0.115. The van der Waals surface area contributed by atoms with Crippen molar-refractivity contribution in [2.45, 2.75) is 13.3 Å². The number of hydrogen-bond donors (Lipinski definition) is 1. The zero-order valence-corrected chi connectivity index (χ0v) is 12.3. The van der Waals surface area contributed by atoms with Crippen molar-refractivity contribution >= 4 is 27.5 Å². The standard InChI is InChI=1S/C15H12BrF2NO/c1-9-5-6-10(16)7-14(9)19-15(20)8-11-12(17)3-2-4-13(11)18/h2-7H,8H2,1H3,(H,19,20). The number of halogens is 3. The van der Waals surface area contributed by atoms with E-state index in [1.165, 1.54) is 6.07 Å². The van der Waals surface area contributed by atoms with Crippen molar-refractivity contribution in [3.8, 4) is 0 Å². The van der Waals surface area contributed by atoms with Gasteiger partial charge in [0.15, 0.2) is 0 Å². The average molecular weight is 340 g/mol. The van der Waals surface area contributed by atoms with Gasteiger partial charge >= 0.3 is 0 Å². The van der Waals surface area contributed by atoms with Crippen LogP contribution in [0.15, 0.2) is 40.9 Å². The second kappa shape index (κ2) is 6.13. The lowest BCUT2D eigenvalue weighted by atomic mass is 10.1. The van der Waals surface area contributed by atoms with Crippen LogP contribution in [-0.2, 0) is 11.2 Å². The van der Waals surface area contributed by atoms with Gasteiger partial charge in [0.05, 0.1) is 6.42 Å². The minimum absolute atomic E-state index is 0.224. The number of benzene rings is 2. The Kier molecular flexibility index (Phi) is 4.49. The van der Waals surface area contributed by atoms with Crippen molar-refractivity contribution in [2.75, 3.05) is 5.32 Å². The second-order valence-electron chi connectivity index (χ2n) is 4.38. The van der Waals surface area contributed by atoms with Crippen LogP contribution in [0.3, 0.4) is 0 Å². The summed E-state index contributed by atoms with van der Waals surface area (Å²) >= 11 is 3.30. The summed E-state index contributed by atoms with van der Waals surface area (Å²) in [6.07, 6.45) is -0.343. The molecule has 0 radical (unpaired) electrons. The fourth-order valence-corrected chi connectivity index (χ4v) is 2.15. The molecule has 2 rings (SSSR count). The van der Waals surface area contributed by atoms with Crippen LogP contribution in [0.4, 0.5) is 14.5 Å². The molecule has 0 atom stereocenters. The Balaban J connectivity index is 2.15. The van der Waals surface area contributed by atoms with Gasteiger partial charge in [-0.15, -0.1) is 0 Å². The molecule has 1 N–H and O–H groups in total. The highest BCUT2D eigenvalue weighted by atomic mass is 79.9. The summed E-state index contributed by atoms with van der Waals surface area (Å²) in [5, 5.41) is 2.65. The molecule has 0 heterocycles. The minimum atomic E-state index is -0.717. The summed E-state index contributed by atoms with van der Waals surface area (Å²) in [4.78, 5) is 11.9. The van der Waals surface area contributed by atoms with Gasteiger partial charge in [-0.2, -0.15) is 0 Å². The van der Waals surface area contributed by atoms with Gasteiger partial charge in [-0.3, -0.25) is 4.79 Å². The molecule has 5 heteroatoms. The number of carbonyl (C=O) groups excluding carboxylic acids is 1. The molecule has 2 nitrogen and oxygen atoms in total. The summed E-state index contributed by atoms with van der Waals surface area (Å²) in [5.74, 6) is -1.90. The molecule has 0 aliphatic rings. The highest BCUT2D eigenvalue weighted by Crippen LogP contribution is 2.21. The number of rotatable bonds is 3.